The Labute approximate surface area is 258 Å². The summed E-state index contributed by atoms with van der Waals surface area (Å²) >= 11 is 0. The molecular weight excluding hydrogens is 598 g/mol. The van der Waals surface area contributed by atoms with Crippen molar-refractivity contribution in [2.75, 3.05) is 7.11 Å². The summed E-state index contributed by atoms with van der Waals surface area (Å²) in [7, 11) is 1.56. The Kier molecular flexibility index (Phi) is 8.61. The number of carbonyl (C=O) groups is 1. The van der Waals surface area contributed by atoms with Crippen LogP contribution in [0.3, 0.4) is 0 Å². The SMILES string of the molecule is COc1ccc(C(C)(C)C)cc1-c1ccc(C2CCCC2)nc1CN1C(=O)O[C@H](c2cc(C(F)(F)F)cc(C(F)(F)F)c2)[C@@H]1C. The minimum atomic E-state index is -5.03. The lowest BCUT2D eigenvalue weighted by atomic mass is 9.85. The van der Waals surface area contributed by atoms with Crippen molar-refractivity contribution >= 4 is 6.09 Å². The fraction of sp³-hybridized carbons (Fsp3) is 0.471. The number of hydrogen-bond donors (Lipinski definition) is 0. The van der Waals surface area contributed by atoms with Crippen LogP contribution in [0.2, 0.25) is 0 Å². The molecule has 3 aromatic rings. The molecule has 1 amide bonds. The summed E-state index contributed by atoms with van der Waals surface area (Å²) in [6.45, 7) is 7.73. The van der Waals surface area contributed by atoms with E-state index in [9.17, 15) is 31.1 Å². The summed E-state index contributed by atoms with van der Waals surface area (Å²) in [5.74, 6) is 0.848. The number of nitrogens with zero attached hydrogens (tertiary/aromatic N) is 2. The van der Waals surface area contributed by atoms with Gasteiger partial charge in [-0.15, -0.1) is 0 Å². The topological polar surface area (TPSA) is 51.7 Å². The number of rotatable bonds is 6. The summed E-state index contributed by atoms with van der Waals surface area (Å²) in [5.41, 5.74) is 0.433. The zero-order chi connectivity index (χ0) is 32.9. The van der Waals surface area contributed by atoms with E-state index in [2.05, 4.69) is 20.8 Å². The minimum Gasteiger partial charge on any atom is -0.496 e. The van der Waals surface area contributed by atoms with Crippen molar-refractivity contribution in [1.29, 1.82) is 0 Å². The Morgan fingerprint density at radius 2 is 1.49 bits per heavy atom. The van der Waals surface area contributed by atoms with Gasteiger partial charge >= 0.3 is 18.4 Å². The van der Waals surface area contributed by atoms with Gasteiger partial charge in [0.15, 0.2) is 0 Å². The Morgan fingerprint density at radius 3 is 2.04 bits per heavy atom. The number of methoxy groups -OCH3 is 1. The average molecular weight is 635 g/mol. The normalized spacial score (nSPS) is 19.7. The van der Waals surface area contributed by atoms with Gasteiger partial charge in [-0.05, 0) is 72.7 Å². The van der Waals surface area contributed by atoms with Crippen LogP contribution in [0.5, 0.6) is 5.75 Å². The van der Waals surface area contributed by atoms with E-state index >= 15 is 0 Å². The van der Waals surface area contributed by atoms with E-state index in [-0.39, 0.29) is 29.5 Å². The number of alkyl halides is 6. The molecule has 2 heterocycles. The molecule has 0 N–H and O–H groups in total. The highest BCUT2D eigenvalue weighted by Crippen LogP contribution is 2.43. The van der Waals surface area contributed by atoms with Gasteiger partial charge in [0.1, 0.15) is 11.9 Å². The summed E-state index contributed by atoms with van der Waals surface area (Å²) in [5, 5.41) is 0. The third-order valence-electron chi connectivity index (χ3n) is 8.78. The van der Waals surface area contributed by atoms with E-state index < -0.39 is 41.7 Å². The fourth-order valence-corrected chi connectivity index (χ4v) is 6.18. The van der Waals surface area contributed by atoms with Crippen LogP contribution in [0.15, 0.2) is 48.5 Å². The largest absolute Gasteiger partial charge is 0.496 e. The van der Waals surface area contributed by atoms with Gasteiger partial charge in [-0.2, -0.15) is 26.3 Å². The molecule has 2 aliphatic rings. The first-order chi connectivity index (χ1) is 21.0. The van der Waals surface area contributed by atoms with Crippen molar-refractivity contribution in [3.05, 3.63) is 82.2 Å². The molecule has 2 fully saturated rings. The number of amides is 1. The molecule has 1 saturated carbocycles. The fourth-order valence-electron chi connectivity index (χ4n) is 6.18. The van der Waals surface area contributed by atoms with Gasteiger partial charge in [-0.25, -0.2) is 4.79 Å². The monoisotopic (exact) mass is 634 g/mol. The van der Waals surface area contributed by atoms with Crippen LogP contribution < -0.4 is 4.74 Å². The second kappa shape index (κ2) is 11.9. The van der Waals surface area contributed by atoms with Crippen LogP contribution >= 0.6 is 0 Å². The van der Waals surface area contributed by atoms with E-state index in [0.717, 1.165) is 42.5 Å². The van der Waals surface area contributed by atoms with E-state index in [4.69, 9.17) is 14.5 Å². The van der Waals surface area contributed by atoms with Crippen molar-refractivity contribution in [2.24, 2.45) is 0 Å². The third-order valence-corrected chi connectivity index (χ3v) is 8.78. The molecule has 1 saturated heterocycles. The summed E-state index contributed by atoms with van der Waals surface area (Å²) < 4.78 is 92.7. The lowest BCUT2D eigenvalue weighted by molar-refractivity contribution is -0.143. The molecule has 2 aromatic carbocycles. The molecule has 11 heteroatoms. The number of pyridine rings is 1. The number of carbonyl (C=O) groups excluding carboxylic acids is 1. The highest BCUT2D eigenvalue weighted by Gasteiger charge is 2.43. The number of halogens is 6. The van der Waals surface area contributed by atoms with Crippen LogP contribution in [0.25, 0.3) is 11.1 Å². The molecule has 242 valence electrons. The molecule has 0 radical (unpaired) electrons. The standard InChI is InChI=1S/C34H36F6N2O3/c1-19-30(21-14-23(33(35,36)37)16-24(15-21)34(38,39)40)45-31(43)42(19)18-28-25(11-12-27(41-28)20-8-6-7-9-20)26-17-22(32(2,3)4)10-13-29(26)44-5/h10-17,19-20,30H,6-9,18H2,1-5H3/t19-,30-/m0/s1. The van der Waals surface area contributed by atoms with Gasteiger partial charge in [0.05, 0.1) is 36.5 Å². The van der Waals surface area contributed by atoms with E-state index in [1.54, 1.807) is 14.0 Å². The van der Waals surface area contributed by atoms with Gasteiger partial charge in [0, 0.05) is 22.7 Å². The van der Waals surface area contributed by atoms with Crippen LogP contribution in [0.4, 0.5) is 31.1 Å². The number of ether oxygens (including phenoxy) is 2. The first kappa shape index (κ1) is 32.6. The van der Waals surface area contributed by atoms with Gasteiger partial charge in [-0.1, -0.05) is 45.7 Å². The Balaban J connectivity index is 1.57. The number of aromatic nitrogens is 1. The van der Waals surface area contributed by atoms with Gasteiger partial charge < -0.3 is 9.47 Å². The van der Waals surface area contributed by atoms with Crippen LogP contribution in [0, 0.1) is 0 Å². The molecule has 2 atom stereocenters. The van der Waals surface area contributed by atoms with Crippen LogP contribution in [-0.2, 0) is 29.0 Å². The predicted octanol–water partition coefficient (Wildman–Crippen LogP) is 9.83. The summed E-state index contributed by atoms with van der Waals surface area (Å²) in [6, 6.07) is 10.2. The lowest BCUT2D eigenvalue weighted by Gasteiger charge is -2.25. The van der Waals surface area contributed by atoms with E-state index in [1.165, 1.54) is 4.90 Å². The third kappa shape index (κ3) is 6.77. The maximum absolute atomic E-state index is 13.6. The molecule has 5 rings (SSSR count). The van der Waals surface area contributed by atoms with Gasteiger partial charge in [0.2, 0.25) is 0 Å². The second-order valence-electron chi connectivity index (χ2n) is 12.9. The van der Waals surface area contributed by atoms with E-state index in [0.29, 0.717) is 29.1 Å². The first-order valence-corrected chi connectivity index (χ1v) is 14.9. The highest BCUT2D eigenvalue weighted by molar-refractivity contribution is 5.75. The van der Waals surface area contributed by atoms with Crippen LogP contribution in [-0.4, -0.2) is 29.1 Å². The quantitative estimate of drug-likeness (QED) is 0.253. The smallest absolute Gasteiger partial charge is 0.416 e. The van der Waals surface area contributed by atoms with Crippen LogP contribution in [0.1, 0.15) is 99.0 Å². The lowest BCUT2D eigenvalue weighted by Crippen LogP contribution is -2.32. The molecule has 0 spiro atoms. The first-order valence-electron chi connectivity index (χ1n) is 14.9. The molecule has 5 nitrogen and oxygen atoms in total. The average Bonchev–Trinajstić information content (AvgIpc) is 3.60. The minimum absolute atomic E-state index is 0.0620. The predicted molar refractivity (Wildman–Crippen MR) is 157 cm³/mol. The Morgan fingerprint density at radius 1 is 0.867 bits per heavy atom. The van der Waals surface area contributed by atoms with Gasteiger partial charge in [-0.3, -0.25) is 9.88 Å². The number of hydrogen-bond acceptors (Lipinski definition) is 4. The maximum atomic E-state index is 13.6. The van der Waals surface area contributed by atoms with Crippen molar-refractivity contribution in [1.82, 2.24) is 9.88 Å². The number of cyclic esters (lactones) is 1. The zero-order valence-electron chi connectivity index (χ0n) is 25.8. The molecule has 0 unspecified atom stereocenters. The molecule has 1 aliphatic carbocycles. The highest BCUT2D eigenvalue weighted by atomic mass is 19.4. The van der Waals surface area contributed by atoms with Crippen molar-refractivity contribution < 1.29 is 40.6 Å². The Hall–Kier alpha value is -3.76. The van der Waals surface area contributed by atoms with Gasteiger partial charge in [0.25, 0.3) is 0 Å². The summed E-state index contributed by atoms with van der Waals surface area (Å²) in [6.07, 6.45) is -8.14. The molecule has 45 heavy (non-hydrogen) atoms. The molecule has 1 aromatic heterocycles. The Bertz CT molecular complexity index is 1540. The molecule has 1 aliphatic heterocycles. The second-order valence-corrected chi connectivity index (χ2v) is 12.9. The molecule has 0 bridgehead atoms. The van der Waals surface area contributed by atoms with E-state index in [1.807, 2.05) is 30.3 Å². The zero-order valence-corrected chi connectivity index (χ0v) is 25.8. The van der Waals surface area contributed by atoms with Crippen molar-refractivity contribution in [2.45, 2.75) is 95.8 Å². The maximum Gasteiger partial charge on any atom is 0.416 e. The van der Waals surface area contributed by atoms with Crippen molar-refractivity contribution in [3.8, 4) is 16.9 Å². The number of benzene rings is 2. The van der Waals surface area contributed by atoms with Crippen molar-refractivity contribution in [3.63, 3.8) is 0 Å². The summed E-state index contributed by atoms with van der Waals surface area (Å²) in [4.78, 5) is 19.6. The molecular formula is C34H36F6N2O3.